The van der Waals surface area contributed by atoms with Gasteiger partial charge in [0.1, 0.15) is 0 Å². The molecule has 1 aliphatic heterocycles. The van der Waals surface area contributed by atoms with Crippen molar-refractivity contribution in [2.24, 2.45) is 5.92 Å². The van der Waals surface area contributed by atoms with Gasteiger partial charge in [0.05, 0.1) is 0 Å². The van der Waals surface area contributed by atoms with Crippen molar-refractivity contribution in [3.63, 3.8) is 0 Å². The fraction of sp³-hybridized carbons (Fsp3) is 0.882. The molecule has 1 saturated heterocycles. The van der Waals surface area contributed by atoms with E-state index in [-0.39, 0.29) is 5.91 Å². The van der Waals surface area contributed by atoms with E-state index in [1.165, 1.54) is 25.7 Å². The highest BCUT2D eigenvalue weighted by Crippen LogP contribution is 2.28. The summed E-state index contributed by atoms with van der Waals surface area (Å²) >= 11 is 1.81. The molecule has 5 heteroatoms. The molecule has 126 valence electrons. The SMILES string of the molecule is CCSCCC(=O)N1CCN(C(=O)CCC2CCCC2)CC1. The number of amides is 2. The zero-order chi connectivity index (χ0) is 15.8. The molecule has 2 fully saturated rings. The Morgan fingerprint density at radius 1 is 0.955 bits per heavy atom. The molecule has 2 rings (SSSR count). The van der Waals surface area contributed by atoms with E-state index in [2.05, 4.69) is 6.92 Å². The molecular weight excluding hydrogens is 296 g/mol. The molecule has 0 atom stereocenters. The second-order valence-electron chi connectivity index (χ2n) is 6.40. The highest BCUT2D eigenvalue weighted by molar-refractivity contribution is 7.99. The zero-order valence-corrected chi connectivity index (χ0v) is 14.7. The Labute approximate surface area is 139 Å². The summed E-state index contributed by atoms with van der Waals surface area (Å²) in [5.74, 6) is 3.30. The number of thioether (sulfide) groups is 1. The molecule has 1 aliphatic carbocycles. The molecular formula is C17H30N2O2S. The van der Waals surface area contributed by atoms with E-state index < -0.39 is 0 Å². The summed E-state index contributed by atoms with van der Waals surface area (Å²) < 4.78 is 0. The first-order valence-corrected chi connectivity index (χ1v) is 9.99. The smallest absolute Gasteiger partial charge is 0.223 e. The Hall–Kier alpha value is -0.710. The molecule has 4 nitrogen and oxygen atoms in total. The van der Waals surface area contributed by atoms with E-state index in [1.807, 2.05) is 21.6 Å². The summed E-state index contributed by atoms with van der Waals surface area (Å²) in [6, 6.07) is 0. The van der Waals surface area contributed by atoms with Crippen molar-refractivity contribution in [2.45, 2.75) is 51.9 Å². The number of carbonyl (C=O) groups excluding carboxylic acids is 2. The first-order chi connectivity index (χ1) is 10.7. The maximum Gasteiger partial charge on any atom is 0.223 e. The molecule has 0 spiro atoms. The summed E-state index contributed by atoms with van der Waals surface area (Å²) in [5, 5.41) is 0. The Kier molecular flexibility index (Phi) is 7.56. The first kappa shape index (κ1) is 17.6. The van der Waals surface area contributed by atoms with Crippen LogP contribution in [0.1, 0.15) is 51.9 Å². The third-order valence-electron chi connectivity index (χ3n) is 4.89. The van der Waals surface area contributed by atoms with E-state index in [1.54, 1.807) is 0 Å². The number of carbonyl (C=O) groups is 2. The van der Waals surface area contributed by atoms with Crippen LogP contribution in [0.5, 0.6) is 0 Å². The van der Waals surface area contributed by atoms with Crippen molar-refractivity contribution in [3.05, 3.63) is 0 Å². The van der Waals surface area contributed by atoms with Crippen molar-refractivity contribution in [1.29, 1.82) is 0 Å². The third-order valence-corrected chi connectivity index (χ3v) is 5.79. The standard InChI is InChI=1S/C17H30N2O2S/c1-2-22-14-9-17(21)19-12-10-18(11-13-19)16(20)8-7-15-5-3-4-6-15/h15H,2-14H2,1H3. The quantitative estimate of drug-likeness (QED) is 0.676. The van der Waals surface area contributed by atoms with Gasteiger partial charge in [0.15, 0.2) is 0 Å². The van der Waals surface area contributed by atoms with Gasteiger partial charge in [-0.3, -0.25) is 9.59 Å². The molecule has 0 unspecified atom stereocenters. The van der Waals surface area contributed by atoms with Gasteiger partial charge in [-0.25, -0.2) is 0 Å². The number of nitrogens with zero attached hydrogens (tertiary/aromatic N) is 2. The van der Waals surface area contributed by atoms with Gasteiger partial charge in [0, 0.05) is 44.8 Å². The lowest BCUT2D eigenvalue weighted by Gasteiger charge is -2.35. The summed E-state index contributed by atoms with van der Waals surface area (Å²) in [6.45, 7) is 4.98. The molecule has 0 radical (unpaired) electrons. The van der Waals surface area contributed by atoms with Crippen LogP contribution in [0.4, 0.5) is 0 Å². The minimum absolute atomic E-state index is 0.249. The van der Waals surface area contributed by atoms with E-state index >= 15 is 0 Å². The second kappa shape index (κ2) is 9.43. The van der Waals surface area contributed by atoms with Crippen LogP contribution in [0, 0.1) is 5.92 Å². The van der Waals surface area contributed by atoms with Gasteiger partial charge < -0.3 is 9.80 Å². The summed E-state index contributed by atoms with van der Waals surface area (Å²) in [4.78, 5) is 28.2. The van der Waals surface area contributed by atoms with Crippen LogP contribution in [0.3, 0.4) is 0 Å². The highest BCUT2D eigenvalue weighted by Gasteiger charge is 2.24. The van der Waals surface area contributed by atoms with Crippen molar-refractivity contribution in [2.75, 3.05) is 37.7 Å². The van der Waals surface area contributed by atoms with Gasteiger partial charge in [0.2, 0.25) is 11.8 Å². The Balaban J connectivity index is 1.63. The average Bonchev–Trinajstić information content (AvgIpc) is 3.06. The van der Waals surface area contributed by atoms with Crippen LogP contribution >= 0.6 is 11.8 Å². The van der Waals surface area contributed by atoms with Crippen LogP contribution in [0.25, 0.3) is 0 Å². The Bertz CT molecular complexity index is 362. The second-order valence-corrected chi connectivity index (χ2v) is 7.79. The number of hydrogen-bond acceptors (Lipinski definition) is 3. The fourth-order valence-electron chi connectivity index (χ4n) is 3.45. The van der Waals surface area contributed by atoms with Crippen molar-refractivity contribution < 1.29 is 9.59 Å². The van der Waals surface area contributed by atoms with Gasteiger partial charge in [-0.1, -0.05) is 32.6 Å². The van der Waals surface area contributed by atoms with Crippen LogP contribution < -0.4 is 0 Å². The van der Waals surface area contributed by atoms with Gasteiger partial charge in [-0.15, -0.1) is 0 Å². The highest BCUT2D eigenvalue weighted by atomic mass is 32.2. The predicted octanol–water partition coefficient (Wildman–Crippen LogP) is 2.77. The van der Waals surface area contributed by atoms with Gasteiger partial charge >= 0.3 is 0 Å². The van der Waals surface area contributed by atoms with Gasteiger partial charge in [-0.05, 0) is 18.1 Å². The maximum atomic E-state index is 12.3. The Morgan fingerprint density at radius 3 is 2.05 bits per heavy atom. The zero-order valence-electron chi connectivity index (χ0n) is 13.9. The van der Waals surface area contributed by atoms with Crippen LogP contribution in [-0.2, 0) is 9.59 Å². The minimum Gasteiger partial charge on any atom is -0.339 e. The summed E-state index contributed by atoms with van der Waals surface area (Å²) in [7, 11) is 0. The van der Waals surface area contributed by atoms with Gasteiger partial charge in [0.25, 0.3) is 0 Å². The molecule has 2 amide bonds. The molecule has 2 aliphatic rings. The molecule has 0 N–H and O–H groups in total. The molecule has 1 heterocycles. The number of rotatable bonds is 7. The first-order valence-electron chi connectivity index (χ1n) is 8.84. The normalized spacial score (nSPS) is 19.7. The largest absolute Gasteiger partial charge is 0.339 e. The predicted molar refractivity (Wildman–Crippen MR) is 92.0 cm³/mol. The van der Waals surface area contributed by atoms with Crippen LogP contribution in [-0.4, -0.2) is 59.3 Å². The lowest BCUT2D eigenvalue weighted by Crippen LogP contribution is -2.50. The van der Waals surface area contributed by atoms with Crippen molar-refractivity contribution in [3.8, 4) is 0 Å². The van der Waals surface area contributed by atoms with E-state index in [9.17, 15) is 9.59 Å². The van der Waals surface area contributed by atoms with Crippen molar-refractivity contribution >= 4 is 23.6 Å². The van der Waals surface area contributed by atoms with Crippen LogP contribution in [0.2, 0.25) is 0 Å². The molecule has 22 heavy (non-hydrogen) atoms. The Morgan fingerprint density at radius 2 is 1.50 bits per heavy atom. The average molecular weight is 327 g/mol. The van der Waals surface area contributed by atoms with Crippen molar-refractivity contribution in [1.82, 2.24) is 9.80 Å². The van der Waals surface area contributed by atoms with E-state index in [4.69, 9.17) is 0 Å². The maximum absolute atomic E-state index is 12.3. The van der Waals surface area contributed by atoms with Gasteiger partial charge in [-0.2, -0.15) is 11.8 Å². The lowest BCUT2D eigenvalue weighted by atomic mass is 10.0. The summed E-state index contributed by atoms with van der Waals surface area (Å²) in [6.07, 6.45) is 7.70. The number of piperazine rings is 1. The lowest BCUT2D eigenvalue weighted by molar-refractivity contribution is -0.139. The topological polar surface area (TPSA) is 40.6 Å². The monoisotopic (exact) mass is 326 g/mol. The molecule has 0 aromatic heterocycles. The van der Waals surface area contributed by atoms with E-state index in [0.29, 0.717) is 31.8 Å². The van der Waals surface area contributed by atoms with E-state index in [0.717, 1.165) is 36.9 Å². The fourth-order valence-corrected chi connectivity index (χ4v) is 4.06. The minimum atomic E-state index is 0.249. The molecule has 0 aromatic carbocycles. The third kappa shape index (κ3) is 5.49. The van der Waals surface area contributed by atoms with Crippen LogP contribution in [0.15, 0.2) is 0 Å². The summed E-state index contributed by atoms with van der Waals surface area (Å²) in [5.41, 5.74) is 0. The molecule has 0 bridgehead atoms. The molecule has 0 aromatic rings. The number of hydrogen-bond donors (Lipinski definition) is 0. The molecule has 1 saturated carbocycles.